The lowest BCUT2D eigenvalue weighted by Gasteiger charge is -2.18. The molecule has 0 saturated carbocycles. The average Bonchev–Trinajstić information content (AvgIpc) is 3.31. The zero-order valence-electron chi connectivity index (χ0n) is 42.7. The highest BCUT2D eigenvalue weighted by Gasteiger charge is 2.19. The lowest BCUT2D eigenvalue weighted by Crippen LogP contribution is -2.30. The van der Waals surface area contributed by atoms with Gasteiger partial charge in [-0.2, -0.15) is 0 Å². The second kappa shape index (κ2) is 53.7. The summed E-state index contributed by atoms with van der Waals surface area (Å²) < 4.78 is 16.8. The molecule has 0 aliphatic heterocycles. The topological polar surface area (TPSA) is 78.9 Å². The molecule has 0 aromatic carbocycles. The van der Waals surface area contributed by atoms with Crippen molar-refractivity contribution in [3.8, 4) is 0 Å². The fraction of sp³-hybridized carbons (Fsp3) is 0.650. The largest absolute Gasteiger partial charge is 0.462 e. The Morgan fingerprint density at radius 2 is 0.652 bits per heavy atom. The maximum absolute atomic E-state index is 12.8. The molecule has 0 aromatic rings. The molecular formula is C60H98O6. The quantitative estimate of drug-likeness (QED) is 0.0199. The van der Waals surface area contributed by atoms with Gasteiger partial charge in [0.05, 0.1) is 0 Å². The summed E-state index contributed by atoms with van der Waals surface area (Å²) in [7, 11) is 0. The minimum Gasteiger partial charge on any atom is -0.462 e. The molecule has 6 heteroatoms. The summed E-state index contributed by atoms with van der Waals surface area (Å²) in [5, 5.41) is 0. The molecule has 0 aromatic heterocycles. The highest BCUT2D eigenvalue weighted by molar-refractivity contribution is 5.71. The molecular weight excluding hydrogens is 817 g/mol. The van der Waals surface area contributed by atoms with Gasteiger partial charge in [0.25, 0.3) is 0 Å². The van der Waals surface area contributed by atoms with Crippen LogP contribution in [0, 0.1) is 0 Å². The first-order chi connectivity index (χ1) is 32.5. The Bertz CT molecular complexity index is 1370. The summed E-state index contributed by atoms with van der Waals surface area (Å²) in [5.41, 5.74) is 0. The number of rotatable bonds is 47. The van der Waals surface area contributed by atoms with E-state index in [1.54, 1.807) is 0 Å². The first-order valence-electron chi connectivity index (χ1n) is 27.0. The van der Waals surface area contributed by atoms with Crippen molar-refractivity contribution < 1.29 is 28.6 Å². The monoisotopic (exact) mass is 915 g/mol. The van der Waals surface area contributed by atoms with E-state index in [-0.39, 0.29) is 37.5 Å². The van der Waals surface area contributed by atoms with Gasteiger partial charge in [0, 0.05) is 19.3 Å². The summed E-state index contributed by atoms with van der Waals surface area (Å²) in [4.78, 5) is 38.1. The van der Waals surface area contributed by atoms with Gasteiger partial charge < -0.3 is 14.2 Å². The normalized spacial score (nSPS) is 13.0. The van der Waals surface area contributed by atoms with Crippen molar-refractivity contribution in [1.29, 1.82) is 0 Å². The van der Waals surface area contributed by atoms with E-state index in [0.29, 0.717) is 12.8 Å². The van der Waals surface area contributed by atoms with Crippen molar-refractivity contribution in [3.63, 3.8) is 0 Å². The van der Waals surface area contributed by atoms with Crippen LogP contribution in [0.5, 0.6) is 0 Å². The van der Waals surface area contributed by atoms with Gasteiger partial charge in [-0.1, -0.05) is 226 Å². The standard InChI is InChI=1S/C60H98O6/c1-4-7-10-13-16-19-22-25-28-30-33-35-38-41-44-47-50-53-59(62)65-56-57(55-64-58(61)52-49-46-43-40-37-34-31-27-24-21-18-15-12-9-6-3)66-60(63)54-51-48-45-42-39-36-32-29-26-23-20-17-14-11-8-5-2/h9,12,15-16,18-19,21,24-25,27-29,31-32,34,36-37,39,57H,4-8,10-11,13-14,17,20,22-23,26,30,33,35,38,40-56H2,1-3H3/b12-9-,18-15-,19-16-,24-21-,28-25-,31-27-,32-29-,37-34-,39-36-. The maximum atomic E-state index is 12.8. The predicted octanol–water partition coefficient (Wildman–Crippen LogP) is 17.9. The van der Waals surface area contributed by atoms with Gasteiger partial charge in [0.15, 0.2) is 6.10 Å². The minimum atomic E-state index is -0.815. The summed E-state index contributed by atoms with van der Waals surface area (Å²) in [6, 6.07) is 0. The molecule has 0 spiro atoms. The van der Waals surface area contributed by atoms with Crippen LogP contribution in [-0.4, -0.2) is 37.2 Å². The number of allylic oxidation sites excluding steroid dienone is 18. The first kappa shape index (κ1) is 62.1. The van der Waals surface area contributed by atoms with E-state index in [0.717, 1.165) is 96.3 Å². The lowest BCUT2D eigenvalue weighted by atomic mass is 10.1. The van der Waals surface area contributed by atoms with E-state index in [4.69, 9.17) is 14.2 Å². The minimum absolute atomic E-state index is 0.109. The maximum Gasteiger partial charge on any atom is 0.306 e. The van der Waals surface area contributed by atoms with Crippen molar-refractivity contribution in [2.45, 2.75) is 239 Å². The molecule has 0 radical (unpaired) electrons. The summed E-state index contributed by atoms with van der Waals surface area (Å²) in [6.07, 6.45) is 72.1. The predicted molar refractivity (Wildman–Crippen MR) is 283 cm³/mol. The van der Waals surface area contributed by atoms with E-state index in [1.165, 1.54) is 96.3 Å². The Hall–Kier alpha value is -3.93. The number of ether oxygens (including phenoxy) is 3. The third kappa shape index (κ3) is 51.1. The lowest BCUT2D eigenvalue weighted by molar-refractivity contribution is -0.167. The number of hydrogen-bond acceptors (Lipinski definition) is 6. The van der Waals surface area contributed by atoms with Crippen LogP contribution in [0.1, 0.15) is 233 Å². The summed E-state index contributed by atoms with van der Waals surface area (Å²) in [6.45, 7) is 6.39. The molecule has 0 saturated heterocycles. The number of hydrogen-bond donors (Lipinski definition) is 0. The van der Waals surface area contributed by atoms with Crippen LogP contribution < -0.4 is 0 Å². The molecule has 0 N–H and O–H groups in total. The van der Waals surface area contributed by atoms with E-state index >= 15 is 0 Å². The Labute approximate surface area is 406 Å². The van der Waals surface area contributed by atoms with Gasteiger partial charge in [0.1, 0.15) is 13.2 Å². The molecule has 0 amide bonds. The second-order valence-electron chi connectivity index (χ2n) is 17.5. The van der Waals surface area contributed by atoms with E-state index in [2.05, 4.69) is 81.5 Å². The smallest absolute Gasteiger partial charge is 0.306 e. The van der Waals surface area contributed by atoms with Gasteiger partial charge in [-0.25, -0.2) is 0 Å². The van der Waals surface area contributed by atoms with Gasteiger partial charge in [-0.3, -0.25) is 14.4 Å². The Morgan fingerprint density at radius 1 is 0.333 bits per heavy atom. The Morgan fingerprint density at radius 3 is 1.11 bits per heavy atom. The van der Waals surface area contributed by atoms with Crippen molar-refractivity contribution in [2.24, 2.45) is 0 Å². The van der Waals surface area contributed by atoms with Crippen LogP contribution in [-0.2, 0) is 28.6 Å². The third-order valence-electron chi connectivity index (χ3n) is 11.1. The van der Waals surface area contributed by atoms with Crippen molar-refractivity contribution in [1.82, 2.24) is 0 Å². The Balaban J connectivity index is 4.53. The fourth-order valence-corrected chi connectivity index (χ4v) is 7.07. The van der Waals surface area contributed by atoms with Crippen LogP contribution in [0.15, 0.2) is 109 Å². The number of carbonyl (C=O) groups is 3. The van der Waals surface area contributed by atoms with E-state index in [9.17, 15) is 14.4 Å². The first-order valence-corrected chi connectivity index (χ1v) is 27.0. The summed E-state index contributed by atoms with van der Waals surface area (Å²) in [5.74, 6) is -0.989. The van der Waals surface area contributed by atoms with E-state index < -0.39 is 6.10 Å². The second-order valence-corrected chi connectivity index (χ2v) is 17.5. The highest BCUT2D eigenvalue weighted by atomic mass is 16.6. The van der Waals surface area contributed by atoms with Gasteiger partial charge >= 0.3 is 17.9 Å². The van der Waals surface area contributed by atoms with Gasteiger partial charge in [0.2, 0.25) is 0 Å². The average molecular weight is 915 g/mol. The fourth-order valence-electron chi connectivity index (χ4n) is 7.07. The SMILES string of the molecule is CC\C=C/C=C\C=C/C=C\C=C/CCCCCC(=O)OCC(COC(=O)CCCCCCCCC/C=C\C/C=C\CCCCC)OC(=O)CCCCC/C=C\C=C/CCCCCCCCC. The summed E-state index contributed by atoms with van der Waals surface area (Å²) >= 11 is 0. The molecule has 0 aliphatic carbocycles. The Kier molecular flexibility index (Phi) is 50.5. The van der Waals surface area contributed by atoms with Crippen LogP contribution in [0.4, 0.5) is 0 Å². The van der Waals surface area contributed by atoms with Crippen LogP contribution in [0.3, 0.4) is 0 Å². The number of carbonyl (C=O) groups excluding carboxylic acids is 3. The van der Waals surface area contributed by atoms with Gasteiger partial charge in [-0.05, 0) is 96.3 Å². The highest BCUT2D eigenvalue weighted by Crippen LogP contribution is 2.13. The number of unbranched alkanes of at least 4 members (excludes halogenated alkanes) is 23. The number of esters is 3. The van der Waals surface area contributed by atoms with Crippen molar-refractivity contribution in [2.75, 3.05) is 13.2 Å². The van der Waals surface area contributed by atoms with Crippen LogP contribution >= 0.6 is 0 Å². The molecule has 0 aliphatic rings. The molecule has 1 atom stereocenters. The molecule has 0 fully saturated rings. The molecule has 6 nitrogen and oxygen atoms in total. The molecule has 374 valence electrons. The van der Waals surface area contributed by atoms with Crippen molar-refractivity contribution >= 4 is 17.9 Å². The van der Waals surface area contributed by atoms with Crippen LogP contribution in [0.2, 0.25) is 0 Å². The molecule has 66 heavy (non-hydrogen) atoms. The molecule has 0 heterocycles. The molecule has 0 bridgehead atoms. The third-order valence-corrected chi connectivity index (χ3v) is 11.1. The molecule has 1 unspecified atom stereocenters. The van der Waals surface area contributed by atoms with Crippen LogP contribution in [0.25, 0.3) is 0 Å². The van der Waals surface area contributed by atoms with Gasteiger partial charge in [-0.15, -0.1) is 0 Å². The van der Waals surface area contributed by atoms with E-state index in [1.807, 2.05) is 48.6 Å². The zero-order chi connectivity index (χ0) is 47.9. The van der Waals surface area contributed by atoms with Crippen molar-refractivity contribution in [3.05, 3.63) is 109 Å². The zero-order valence-corrected chi connectivity index (χ0v) is 42.7. The molecule has 0 rings (SSSR count).